The zero-order chi connectivity index (χ0) is 13.8. The molecular weight excluding hydrogens is 305 g/mol. The Balaban J connectivity index is 1.85. The highest BCUT2D eigenvalue weighted by Gasteiger charge is 2.15. The highest BCUT2D eigenvalue weighted by molar-refractivity contribution is 6.42. The van der Waals surface area contributed by atoms with Crippen LogP contribution in [0.25, 0.3) is 0 Å². The van der Waals surface area contributed by atoms with E-state index in [9.17, 15) is 0 Å². The number of nitrogens with one attached hydrogen (secondary N) is 1. The Kier molecular flexibility index (Phi) is 5.58. The SMILES string of the molecule is CC(CNc1nc(Cl)c(Cl)cc1Cl)CN1CCCC1. The Labute approximate surface area is 129 Å². The van der Waals surface area contributed by atoms with Gasteiger partial charge < -0.3 is 10.2 Å². The second-order valence-corrected chi connectivity index (χ2v) is 6.26. The maximum atomic E-state index is 6.08. The number of likely N-dealkylation sites (tertiary alicyclic amines) is 1. The van der Waals surface area contributed by atoms with Crippen LogP contribution in [0.1, 0.15) is 19.8 Å². The van der Waals surface area contributed by atoms with Crippen LogP contribution in [0.4, 0.5) is 5.82 Å². The summed E-state index contributed by atoms with van der Waals surface area (Å²) in [6.07, 6.45) is 2.64. The summed E-state index contributed by atoms with van der Waals surface area (Å²) in [7, 11) is 0. The number of hydrogen-bond donors (Lipinski definition) is 1. The fourth-order valence-electron chi connectivity index (χ4n) is 2.31. The van der Waals surface area contributed by atoms with Gasteiger partial charge in [0.2, 0.25) is 0 Å². The molecule has 0 amide bonds. The fourth-order valence-corrected chi connectivity index (χ4v) is 2.87. The highest BCUT2D eigenvalue weighted by Crippen LogP contribution is 2.28. The Morgan fingerprint density at radius 3 is 2.63 bits per heavy atom. The van der Waals surface area contributed by atoms with Crippen molar-refractivity contribution in [2.45, 2.75) is 19.8 Å². The maximum Gasteiger partial charge on any atom is 0.150 e. The van der Waals surface area contributed by atoms with Gasteiger partial charge in [-0.05, 0) is 37.9 Å². The molecular formula is C13H18Cl3N3. The van der Waals surface area contributed by atoms with Gasteiger partial charge in [-0.15, -0.1) is 0 Å². The van der Waals surface area contributed by atoms with Gasteiger partial charge in [0.15, 0.2) is 0 Å². The zero-order valence-electron chi connectivity index (χ0n) is 10.9. The van der Waals surface area contributed by atoms with E-state index in [1.54, 1.807) is 6.07 Å². The van der Waals surface area contributed by atoms with Crippen molar-refractivity contribution >= 4 is 40.6 Å². The number of halogens is 3. The lowest BCUT2D eigenvalue weighted by Gasteiger charge is -2.21. The predicted molar refractivity (Wildman–Crippen MR) is 82.6 cm³/mol. The van der Waals surface area contributed by atoms with Crippen molar-refractivity contribution < 1.29 is 0 Å². The summed E-state index contributed by atoms with van der Waals surface area (Å²) < 4.78 is 0. The molecule has 0 saturated carbocycles. The molecule has 0 spiro atoms. The summed E-state index contributed by atoms with van der Waals surface area (Å²) in [6, 6.07) is 1.62. The van der Waals surface area contributed by atoms with Gasteiger partial charge in [-0.2, -0.15) is 0 Å². The predicted octanol–water partition coefficient (Wildman–Crippen LogP) is 4.19. The monoisotopic (exact) mass is 321 g/mol. The molecule has 1 aromatic heterocycles. The van der Waals surface area contributed by atoms with Gasteiger partial charge >= 0.3 is 0 Å². The van der Waals surface area contributed by atoms with E-state index in [1.807, 2.05) is 0 Å². The first kappa shape index (κ1) is 15.2. The van der Waals surface area contributed by atoms with Gasteiger partial charge in [-0.25, -0.2) is 4.98 Å². The van der Waals surface area contributed by atoms with Gasteiger partial charge in [0.05, 0.1) is 10.0 Å². The van der Waals surface area contributed by atoms with Gasteiger partial charge in [-0.3, -0.25) is 0 Å². The molecule has 1 fully saturated rings. The Bertz CT molecular complexity index is 433. The van der Waals surface area contributed by atoms with E-state index in [0.717, 1.165) is 13.1 Å². The van der Waals surface area contributed by atoms with Crippen LogP contribution in [0, 0.1) is 5.92 Å². The summed E-state index contributed by atoms with van der Waals surface area (Å²) in [5.41, 5.74) is 0. The average molecular weight is 323 g/mol. The normalized spacial score (nSPS) is 17.7. The molecule has 1 aliphatic heterocycles. The molecule has 1 unspecified atom stereocenters. The maximum absolute atomic E-state index is 6.08. The third-order valence-electron chi connectivity index (χ3n) is 3.27. The lowest BCUT2D eigenvalue weighted by atomic mass is 10.1. The van der Waals surface area contributed by atoms with Crippen molar-refractivity contribution in [2.75, 3.05) is 31.5 Å². The lowest BCUT2D eigenvalue weighted by molar-refractivity contribution is 0.294. The van der Waals surface area contributed by atoms with Crippen molar-refractivity contribution in [2.24, 2.45) is 5.92 Å². The van der Waals surface area contributed by atoms with Crippen LogP contribution < -0.4 is 5.32 Å². The zero-order valence-corrected chi connectivity index (χ0v) is 13.2. The molecule has 1 saturated heterocycles. The van der Waals surface area contributed by atoms with Crippen molar-refractivity contribution in [3.63, 3.8) is 0 Å². The standard InChI is InChI=1S/C13H18Cl3N3/c1-9(8-19-4-2-3-5-19)7-17-13-11(15)6-10(14)12(16)18-13/h6,9H,2-5,7-8H2,1H3,(H,17,18). The van der Waals surface area contributed by atoms with Crippen molar-refractivity contribution in [3.8, 4) is 0 Å². The van der Waals surface area contributed by atoms with Gasteiger partial charge in [-0.1, -0.05) is 41.7 Å². The minimum absolute atomic E-state index is 0.278. The molecule has 2 rings (SSSR count). The Morgan fingerprint density at radius 1 is 1.26 bits per heavy atom. The molecule has 0 radical (unpaired) electrons. The molecule has 106 valence electrons. The number of nitrogens with zero attached hydrogens (tertiary/aromatic N) is 2. The molecule has 6 heteroatoms. The number of anilines is 1. The molecule has 1 aliphatic rings. The summed E-state index contributed by atoms with van der Waals surface area (Å²) in [6.45, 7) is 6.58. The second kappa shape index (κ2) is 6.98. The molecule has 1 N–H and O–H groups in total. The summed E-state index contributed by atoms with van der Waals surface area (Å²) >= 11 is 17.8. The van der Waals surface area contributed by atoms with E-state index in [0.29, 0.717) is 21.8 Å². The van der Waals surface area contributed by atoms with Crippen molar-refractivity contribution in [3.05, 3.63) is 21.3 Å². The quantitative estimate of drug-likeness (QED) is 0.824. The van der Waals surface area contributed by atoms with Crippen LogP contribution in [-0.2, 0) is 0 Å². The largest absolute Gasteiger partial charge is 0.368 e. The number of aromatic nitrogens is 1. The molecule has 1 aromatic rings. The number of pyridine rings is 1. The van der Waals surface area contributed by atoms with Crippen LogP contribution in [-0.4, -0.2) is 36.1 Å². The first-order valence-electron chi connectivity index (χ1n) is 6.54. The summed E-state index contributed by atoms with van der Waals surface area (Å²) in [4.78, 5) is 6.65. The molecule has 0 aliphatic carbocycles. The molecule has 0 bridgehead atoms. The first-order chi connectivity index (χ1) is 9.06. The lowest BCUT2D eigenvalue weighted by Crippen LogP contribution is -2.29. The Morgan fingerprint density at radius 2 is 1.95 bits per heavy atom. The van der Waals surface area contributed by atoms with Crippen molar-refractivity contribution in [1.29, 1.82) is 0 Å². The molecule has 1 atom stereocenters. The van der Waals surface area contributed by atoms with E-state index in [-0.39, 0.29) is 5.15 Å². The molecule has 19 heavy (non-hydrogen) atoms. The van der Waals surface area contributed by atoms with Crippen LogP contribution >= 0.6 is 34.8 Å². The summed E-state index contributed by atoms with van der Waals surface area (Å²) in [5, 5.41) is 4.40. The molecule has 2 heterocycles. The highest BCUT2D eigenvalue weighted by atomic mass is 35.5. The summed E-state index contributed by atoms with van der Waals surface area (Å²) in [5.74, 6) is 1.13. The van der Waals surface area contributed by atoms with Crippen LogP contribution in [0.2, 0.25) is 15.2 Å². The second-order valence-electron chi connectivity index (χ2n) is 5.09. The van der Waals surface area contributed by atoms with E-state index < -0.39 is 0 Å². The minimum Gasteiger partial charge on any atom is -0.368 e. The Hall–Kier alpha value is -0.220. The third-order valence-corrected chi connectivity index (χ3v) is 4.23. The van der Waals surface area contributed by atoms with Crippen molar-refractivity contribution in [1.82, 2.24) is 9.88 Å². The van der Waals surface area contributed by atoms with Gasteiger partial charge in [0.25, 0.3) is 0 Å². The van der Waals surface area contributed by atoms with Crippen LogP contribution in [0.15, 0.2) is 6.07 Å². The van der Waals surface area contributed by atoms with Crippen LogP contribution in [0.5, 0.6) is 0 Å². The first-order valence-corrected chi connectivity index (χ1v) is 7.67. The topological polar surface area (TPSA) is 28.2 Å². The molecule has 3 nitrogen and oxygen atoms in total. The van der Waals surface area contributed by atoms with Gasteiger partial charge in [0.1, 0.15) is 11.0 Å². The van der Waals surface area contributed by atoms with E-state index >= 15 is 0 Å². The van der Waals surface area contributed by atoms with Crippen LogP contribution in [0.3, 0.4) is 0 Å². The number of rotatable bonds is 5. The van der Waals surface area contributed by atoms with E-state index in [1.165, 1.54) is 25.9 Å². The number of hydrogen-bond acceptors (Lipinski definition) is 3. The van der Waals surface area contributed by atoms with Gasteiger partial charge in [0, 0.05) is 13.1 Å². The third kappa shape index (κ3) is 4.38. The fraction of sp³-hybridized carbons (Fsp3) is 0.615. The molecule has 0 aromatic carbocycles. The minimum atomic E-state index is 0.278. The average Bonchev–Trinajstić information content (AvgIpc) is 2.85. The van der Waals surface area contributed by atoms with E-state index in [2.05, 4.69) is 22.1 Å². The van der Waals surface area contributed by atoms with E-state index in [4.69, 9.17) is 34.8 Å². The smallest absolute Gasteiger partial charge is 0.150 e.